The van der Waals surface area contributed by atoms with Gasteiger partial charge in [-0.25, -0.2) is 0 Å². The lowest BCUT2D eigenvalue weighted by Crippen LogP contribution is -2.23. The van der Waals surface area contributed by atoms with Crippen LogP contribution >= 0.6 is 0 Å². The monoisotopic (exact) mass is 742 g/mol. The van der Waals surface area contributed by atoms with Gasteiger partial charge in [-0.05, 0) is 130 Å². The summed E-state index contributed by atoms with van der Waals surface area (Å²) in [6.07, 6.45) is 0. The van der Waals surface area contributed by atoms with E-state index < -0.39 is 0 Å². The minimum atomic E-state index is -0.380. The van der Waals surface area contributed by atoms with Gasteiger partial charge < -0.3 is 9.80 Å². The van der Waals surface area contributed by atoms with Crippen molar-refractivity contribution in [1.82, 2.24) is 0 Å². The SMILES string of the molecule is CC1(c2ccc(N(c3ccccc3)c3ccc(-c4ccccc4)cc3)cc2)c2ccccc2-c2ccc(N(c3ccccc3)c3ccc(-c4ccccc4)cc3)cc21. The fraction of sp³-hybridized carbons (Fsp3) is 0.0357. The molecule has 0 saturated carbocycles. The second kappa shape index (κ2) is 14.9. The van der Waals surface area contributed by atoms with Crippen molar-refractivity contribution in [3.63, 3.8) is 0 Å². The van der Waals surface area contributed by atoms with Crippen LogP contribution in [0.25, 0.3) is 33.4 Å². The topological polar surface area (TPSA) is 6.48 Å². The lowest BCUT2D eigenvalue weighted by molar-refractivity contribution is 0.714. The molecule has 1 unspecified atom stereocenters. The second-order valence-corrected chi connectivity index (χ2v) is 15.1. The first kappa shape index (κ1) is 35.0. The Balaban J connectivity index is 1.05. The van der Waals surface area contributed by atoms with Gasteiger partial charge in [0.15, 0.2) is 0 Å². The highest BCUT2D eigenvalue weighted by atomic mass is 15.1. The van der Waals surface area contributed by atoms with Crippen molar-refractivity contribution in [3.8, 4) is 33.4 Å². The van der Waals surface area contributed by atoms with E-state index in [9.17, 15) is 0 Å². The molecule has 2 nitrogen and oxygen atoms in total. The summed E-state index contributed by atoms with van der Waals surface area (Å²) in [6.45, 7) is 2.40. The molecule has 0 saturated heterocycles. The van der Waals surface area contributed by atoms with Crippen LogP contribution in [-0.4, -0.2) is 0 Å². The molecule has 1 atom stereocenters. The zero-order valence-corrected chi connectivity index (χ0v) is 32.4. The van der Waals surface area contributed by atoms with Crippen LogP contribution < -0.4 is 9.80 Å². The van der Waals surface area contributed by atoms with Crippen molar-refractivity contribution in [2.45, 2.75) is 12.3 Å². The van der Waals surface area contributed by atoms with Gasteiger partial charge in [0.25, 0.3) is 0 Å². The average molecular weight is 743 g/mol. The van der Waals surface area contributed by atoms with Crippen molar-refractivity contribution < 1.29 is 0 Å². The van der Waals surface area contributed by atoms with Gasteiger partial charge >= 0.3 is 0 Å². The van der Waals surface area contributed by atoms with E-state index in [1.807, 2.05) is 0 Å². The molecule has 276 valence electrons. The Hall–Kier alpha value is -7.42. The summed E-state index contributed by atoms with van der Waals surface area (Å²) in [4.78, 5) is 4.72. The summed E-state index contributed by atoms with van der Waals surface area (Å²) in [5.74, 6) is 0. The van der Waals surface area contributed by atoms with E-state index in [0.717, 1.165) is 34.1 Å². The fourth-order valence-corrected chi connectivity index (χ4v) is 8.79. The molecule has 10 rings (SSSR count). The van der Waals surface area contributed by atoms with Gasteiger partial charge in [-0.15, -0.1) is 0 Å². The number of benzene rings is 9. The van der Waals surface area contributed by atoms with Crippen molar-refractivity contribution in [2.75, 3.05) is 9.80 Å². The molecule has 1 aliphatic rings. The third kappa shape index (κ3) is 6.26. The zero-order valence-electron chi connectivity index (χ0n) is 32.4. The molecule has 0 radical (unpaired) electrons. The molecule has 0 spiro atoms. The van der Waals surface area contributed by atoms with Crippen molar-refractivity contribution in [2.24, 2.45) is 0 Å². The predicted molar refractivity (Wildman–Crippen MR) is 244 cm³/mol. The number of rotatable bonds is 9. The maximum Gasteiger partial charge on any atom is 0.0465 e. The van der Waals surface area contributed by atoms with Crippen LogP contribution in [0.4, 0.5) is 34.1 Å². The van der Waals surface area contributed by atoms with E-state index in [2.05, 4.69) is 253 Å². The van der Waals surface area contributed by atoms with Crippen molar-refractivity contribution >= 4 is 34.1 Å². The Morgan fingerprint density at radius 2 is 0.621 bits per heavy atom. The number of anilines is 6. The zero-order chi connectivity index (χ0) is 38.9. The van der Waals surface area contributed by atoms with Gasteiger partial charge in [-0.2, -0.15) is 0 Å². The molecule has 0 bridgehead atoms. The number of hydrogen-bond donors (Lipinski definition) is 0. The predicted octanol–water partition coefficient (Wildman–Crippen LogP) is 15.3. The first-order valence-electron chi connectivity index (χ1n) is 20.0. The minimum Gasteiger partial charge on any atom is -0.311 e. The van der Waals surface area contributed by atoms with Crippen molar-refractivity contribution in [1.29, 1.82) is 0 Å². The molecule has 1 aliphatic carbocycles. The fourth-order valence-electron chi connectivity index (χ4n) is 8.79. The highest BCUT2D eigenvalue weighted by Gasteiger charge is 2.41. The van der Waals surface area contributed by atoms with Crippen LogP contribution in [0.15, 0.2) is 237 Å². The van der Waals surface area contributed by atoms with E-state index >= 15 is 0 Å². The van der Waals surface area contributed by atoms with Gasteiger partial charge in [0, 0.05) is 39.5 Å². The molecule has 58 heavy (non-hydrogen) atoms. The van der Waals surface area contributed by atoms with Gasteiger partial charge in [0.1, 0.15) is 0 Å². The summed E-state index contributed by atoms with van der Waals surface area (Å²) in [5, 5.41) is 0. The largest absolute Gasteiger partial charge is 0.311 e. The number of nitrogens with zero attached hydrogens (tertiary/aromatic N) is 2. The molecule has 0 fully saturated rings. The summed E-state index contributed by atoms with van der Waals surface area (Å²) < 4.78 is 0. The van der Waals surface area contributed by atoms with Crippen LogP contribution in [0.3, 0.4) is 0 Å². The van der Waals surface area contributed by atoms with Crippen LogP contribution in [0.1, 0.15) is 23.6 Å². The van der Waals surface area contributed by atoms with Gasteiger partial charge in [0.2, 0.25) is 0 Å². The van der Waals surface area contributed by atoms with E-state index in [1.54, 1.807) is 0 Å². The molecular weight excluding hydrogens is 701 g/mol. The highest BCUT2D eigenvalue weighted by molar-refractivity contribution is 5.88. The molecule has 9 aromatic rings. The Morgan fingerprint density at radius 3 is 1.12 bits per heavy atom. The first-order valence-corrected chi connectivity index (χ1v) is 20.0. The first-order chi connectivity index (χ1) is 28.6. The summed E-state index contributed by atoms with van der Waals surface area (Å²) in [7, 11) is 0. The van der Waals surface area contributed by atoms with Crippen LogP contribution in [0.5, 0.6) is 0 Å². The molecular formula is C56H42N2. The van der Waals surface area contributed by atoms with E-state index in [1.165, 1.54) is 50.1 Å². The molecule has 0 aromatic heterocycles. The lowest BCUT2D eigenvalue weighted by Gasteiger charge is -2.32. The Kier molecular flexibility index (Phi) is 9.01. The van der Waals surface area contributed by atoms with Crippen molar-refractivity contribution in [3.05, 3.63) is 253 Å². The van der Waals surface area contributed by atoms with Crippen LogP contribution in [0, 0.1) is 0 Å². The molecule has 2 heteroatoms. The summed E-state index contributed by atoms with van der Waals surface area (Å²) in [5.41, 5.74) is 17.6. The number of hydrogen-bond acceptors (Lipinski definition) is 2. The molecule has 9 aromatic carbocycles. The Labute approximate surface area is 341 Å². The van der Waals surface area contributed by atoms with E-state index in [-0.39, 0.29) is 5.41 Å². The summed E-state index contributed by atoms with van der Waals surface area (Å²) in [6, 6.07) is 85.5. The quantitative estimate of drug-likeness (QED) is 0.145. The van der Waals surface area contributed by atoms with Gasteiger partial charge in [-0.3, -0.25) is 0 Å². The smallest absolute Gasteiger partial charge is 0.0465 e. The number of fused-ring (bicyclic) bond motifs is 3. The molecule has 0 N–H and O–H groups in total. The Bertz CT molecular complexity index is 2800. The van der Waals surface area contributed by atoms with Gasteiger partial charge in [0.05, 0.1) is 0 Å². The summed E-state index contributed by atoms with van der Waals surface area (Å²) >= 11 is 0. The van der Waals surface area contributed by atoms with Crippen LogP contribution in [-0.2, 0) is 5.41 Å². The van der Waals surface area contributed by atoms with E-state index in [4.69, 9.17) is 0 Å². The van der Waals surface area contributed by atoms with E-state index in [0.29, 0.717) is 0 Å². The normalized spacial score (nSPS) is 14.0. The molecule has 0 amide bonds. The molecule has 0 heterocycles. The Morgan fingerprint density at radius 1 is 0.276 bits per heavy atom. The lowest BCUT2D eigenvalue weighted by atomic mass is 9.74. The third-order valence-electron chi connectivity index (χ3n) is 11.8. The highest BCUT2D eigenvalue weighted by Crippen LogP contribution is 2.54. The average Bonchev–Trinajstić information content (AvgIpc) is 3.56. The van der Waals surface area contributed by atoms with Crippen LogP contribution in [0.2, 0.25) is 0 Å². The second-order valence-electron chi connectivity index (χ2n) is 15.1. The molecule has 0 aliphatic heterocycles. The number of para-hydroxylation sites is 2. The minimum absolute atomic E-state index is 0.380. The maximum absolute atomic E-state index is 2.42. The van der Waals surface area contributed by atoms with Gasteiger partial charge in [-0.1, -0.05) is 164 Å². The standard InChI is InChI=1S/C56H42N2/c1-56(45-30-36-50(37-31-45)57(46-20-10-4-11-21-46)48-32-26-43(27-33-48)41-16-6-2-7-17-41)54-25-15-14-24-52(54)53-39-38-51(40-55(53)56)58(47-22-12-5-13-23-47)49-34-28-44(29-35-49)42-18-8-3-9-19-42/h2-40H,1H3. The third-order valence-corrected chi connectivity index (χ3v) is 11.8. The maximum atomic E-state index is 2.42.